The van der Waals surface area contributed by atoms with Crippen LogP contribution in [0.5, 0.6) is 0 Å². The average molecular weight is 313 g/mol. The van der Waals surface area contributed by atoms with Crippen LogP contribution in [0, 0.1) is 5.92 Å². The van der Waals surface area contributed by atoms with Gasteiger partial charge in [0, 0.05) is 37.8 Å². The fourth-order valence-electron chi connectivity index (χ4n) is 2.51. The number of nitrogens with two attached hydrogens (primary N) is 1. The normalized spacial score (nSPS) is 17.2. The highest BCUT2D eigenvalue weighted by atomic mass is 79.9. The van der Waals surface area contributed by atoms with E-state index in [9.17, 15) is 0 Å². The van der Waals surface area contributed by atoms with E-state index in [1.54, 1.807) is 7.11 Å². The van der Waals surface area contributed by atoms with Crippen molar-refractivity contribution in [3.63, 3.8) is 0 Å². The van der Waals surface area contributed by atoms with Gasteiger partial charge < -0.3 is 15.4 Å². The lowest BCUT2D eigenvalue weighted by Gasteiger charge is -2.34. The number of halogens is 1. The van der Waals surface area contributed by atoms with Crippen molar-refractivity contribution < 1.29 is 4.74 Å². The summed E-state index contributed by atoms with van der Waals surface area (Å²) in [5.41, 5.74) is 8.10. The molecule has 0 saturated carbocycles. The Kier molecular flexibility index (Phi) is 5.03. The highest BCUT2D eigenvalue weighted by Gasteiger charge is 2.20. The summed E-state index contributed by atoms with van der Waals surface area (Å²) in [5, 5.41) is 0. The molecule has 0 aromatic heterocycles. The van der Waals surface area contributed by atoms with Crippen molar-refractivity contribution in [2.75, 3.05) is 31.7 Å². The molecule has 0 bridgehead atoms. The lowest BCUT2D eigenvalue weighted by molar-refractivity contribution is 0.139. The SMILES string of the molecule is COCC1CCN(c2ccc(CN)cc2Br)CC1. The molecule has 1 aromatic rings. The van der Waals surface area contributed by atoms with Gasteiger partial charge in [0.25, 0.3) is 0 Å². The van der Waals surface area contributed by atoms with Crippen LogP contribution in [0.4, 0.5) is 5.69 Å². The molecule has 0 spiro atoms. The van der Waals surface area contributed by atoms with Crippen LogP contribution >= 0.6 is 15.9 Å². The first kappa shape index (κ1) is 13.8. The van der Waals surface area contributed by atoms with Crippen molar-refractivity contribution in [2.45, 2.75) is 19.4 Å². The van der Waals surface area contributed by atoms with E-state index in [2.05, 4.69) is 39.0 Å². The molecule has 4 heteroatoms. The lowest BCUT2D eigenvalue weighted by Crippen LogP contribution is -2.35. The largest absolute Gasteiger partial charge is 0.384 e. The van der Waals surface area contributed by atoms with Crippen LogP contribution < -0.4 is 10.6 Å². The van der Waals surface area contributed by atoms with Crippen LogP contribution in [0.3, 0.4) is 0 Å². The zero-order valence-corrected chi connectivity index (χ0v) is 12.4. The average Bonchev–Trinajstić information content (AvgIpc) is 2.40. The minimum Gasteiger partial charge on any atom is -0.384 e. The number of anilines is 1. The lowest BCUT2D eigenvalue weighted by atomic mass is 9.97. The smallest absolute Gasteiger partial charge is 0.0510 e. The molecule has 1 heterocycles. The van der Waals surface area contributed by atoms with E-state index in [1.165, 1.54) is 24.1 Å². The fourth-order valence-corrected chi connectivity index (χ4v) is 3.19. The molecule has 2 N–H and O–H groups in total. The maximum Gasteiger partial charge on any atom is 0.0510 e. The first-order valence-electron chi connectivity index (χ1n) is 6.47. The molecule has 1 aliphatic rings. The predicted molar refractivity (Wildman–Crippen MR) is 78.8 cm³/mol. The Morgan fingerprint density at radius 1 is 1.39 bits per heavy atom. The van der Waals surface area contributed by atoms with E-state index in [0.29, 0.717) is 12.5 Å². The summed E-state index contributed by atoms with van der Waals surface area (Å²) < 4.78 is 6.38. The van der Waals surface area contributed by atoms with Crippen LogP contribution in [0.2, 0.25) is 0 Å². The van der Waals surface area contributed by atoms with Gasteiger partial charge in [0.15, 0.2) is 0 Å². The molecule has 2 rings (SSSR count). The molecule has 0 radical (unpaired) electrons. The zero-order chi connectivity index (χ0) is 13.0. The standard InChI is InChI=1S/C14H21BrN2O/c1-18-10-11-4-6-17(7-5-11)14-3-2-12(9-16)8-13(14)15/h2-3,8,11H,4-7,9-10,16H2,1H3. The Balaban J connectivity index is 2.01. The van der Waals surface area contributed by atoms with Crippen LogP contribution in [0.25, 0.3) is 0 Å². The maximum atomic E-state index is 5.65. The Hall–Kier alpha value is -0.580. The topological polar surface area (TPSA) is 38.5 Å². The monoisotopic (exact) mass is 312 g/mol. The van der Waals surface area contributed by atoms with Gasteiger partial charge >= 0.3 is 0 Å². The fraction of sp³-hybridized carbons (Fsp3) is 0.571. The molecule has 3 nitrogen and oxygen atoms in total. The van der Waals surface area contributed by atoms with Crippen molar-refractivity contribution in [3.8, 4) is 0 Å². The van der Waals surface area contributed by atoms with Crippen LogP contribution in [-0.4, -0.2) is 26.8 Å². The summed E-state index contributed by atoms with van der Waals surface area (Å²) in [6, 6.07) is 6.40. The second-order valence-corrected chi connectivity index (χ2v) is 5.73. The number of rotatable bonds is 4. The molecule has 1 fully saturated rings. The first-order valence-corrected chi connectivity index (χ1v) is 7.26. The second kappa shape index (κ2) is 6.55. The van der Waals surface area contributed by atoms with Gasteiger partial charge in [0.05, 0.1) is 5.69 Å². The zero-order valence-electron chi connectivity index (χ0n) is 10.9. The van der Waals surface area contributed by atoms with Gasteiger partial charge in [-0.15, -0.1) is 0 Å². The van der Waals surface area contributed by atoms with Gasteiger partial charge in [-0.05, 0) is 52.4 Å². The Labute approximate surface area is 117 Å². The summed E-state index contributed by atoms with van der Waals surface area (Å²) in [4.78, 5) is 2.44. The second-order valence-electron chi connectivity index (χ2n) is 4.88. The molecule has 1 aromatic carbocycles. The van der Waals surface area contributed by atoms with Crippen molar-refractivity contribution in [1.82, 2.24) is 0 Å². The minimum atomic E-state index is 0.592. The summed E-state index contributed by atoms with van der Waals surface area (Å²) in [7, 11) is 1.79. The minimum absolute atomic E-state index is 0.592. The third-order valence-corrected chi connectivity index (χ3v) is 4.24. The molecular weight excluding hydrogens is 292 g/mol. The summed E-state index contributed by atoms with van der Waals surface area (Å²) in [5.74, 6) is 0.716. The molecule has 0 unspecified atom stereocenters. The van der Waals surface area contributed by atoms with Crippen molar-refractivity contribution in [1.29, 1.82) is 0 Å². The van der Waals surface area contributed by atoms with Crippen molar-refractivity contribution in [2.24, 2.45) is 11.7 Å². The molecule has 0 aliphatic carbocycles. The van der Waals surface area contributed by atoms with E-state index >= 15 is 0 Å². The van der Waals surface area contributed by atoms with E-state index in [4.69, 9.17) is 10.5 Å². The van der Waals surface area contributed by atoms with Crippen LogP contribution in [0.1, 0.15) is 18.4 Å². The van der Waals surface area contributed by atoms with Crippen LogP contribution in [-0.2, 0) is 11.3 Å². The van der Waals surface area contributed by atoms with Gasteiger partial charge in [-0.2, -0.15) is 0 Å². The Morgan fingerprint density at radius 3 is 2.67 bits per heavy atom. The number of hydrogen-bond donors (Lipinski definition) is 1. The number of piperidine rings is 1. The molecule has 1 saturated heterocycles. The number of methoxy groups -OCH3 is 1. The van der Waals surface area contributed by atoms with E-state index < -0.39 is 0 Å². The van der Waals surface area contributed by atoms with Crippen molar-refractivity contribution >= 4 is 21.6 Å². The van der Waals surface area contributed by atoms with Gasteiger partial charge in [-0.25, -0.2) is 0 Å². The van der Waals surface area contributed by atoms with Crippen molar-refractivity contribution in [3.05, 3.63) is 28.2 Å². The summed E-state index contributed by atoms with van der Waals surface area (Å²) in [6.45, 7) is 3.69. The highest BCUT2D eigenvalue weighted by Crippen LogP contribution is 2.30. The predicted octanol–water partition coefficient (Wildman–Crippen LogP) is 2.77. The molecule has 0 atom stereocenters. The van der Waals surface area contributed by atoms with E-state index in [-0.39, 0.29) is 0 Å². The number of benzene rings is 1. The van der Waals surface area contributed by atoms with Gasteiger partial charge in [-0.3, -0.25) is 0 Å². The van der Waals surface area contributed by atoms with Crippen LogP contribution in [0.15, 0.2) is 22.7 Å². The van der Waals surface area contributed by atoms with E-state index in [1.807, 2.05) is 0 Å². The van der Waals surface area contributed by atoms with Gasteiger partial charge in [0.1, 0.15) is 0 Å². The summed E-state index contributed by atoms with van der Waals surface area (Å²) >= 11 is 3.65. The van der Waals surface area contributed by atoms with Gasteiger partial charge in [-0.1, -0.05) is 6.07 Å². The van der Waals surface area contributed by atoms with E-state index in [0.717, 1.165) is 24.2 Å². The van der Waals surface area contributed by atoms with Gasteiger partial charge in [0.2, 0.25) is 0 Å². The number of ether oxygens (including phenoxy) is 1. The molecule has 100 valence electrons. The maximum absolute atomic E-state index is 5.65. The number of nitrogens with zero attached hydrogens (tertiary/aromatic N) is 1. The number of hydrogen-bond acceptors (Lipinski definition) is 3. The third kappa shape index (κ3) is 3.25. The first-order chi connectivity index (χ1) is 8.74. The Morgan fingerprint density at radius 2 is 2.11 bits per heavy atom. The highest BCUT2D eigenvalue weighted by molar-refractivity contribution is 9.10. The summed E-state index contributed by atoms with van der Waals surface area (Å²) in [6.07, 6.45) is 2.41. The quantitative estimate of drug-likeness (QED) is 0.929. The third-order valence-electron chi connectivity index (χ3n) is 3.61. The molecule has 0 amide bonds. The molecule has 18 heavy (non-hydrogen) atoms. The molecular formula is C14H21BrN2O. The Bertz CT molecular complexity index is 389. The molecule has 1 aliphatic heterocycles.